The SMILES string of the molecule is COCC(C)NC(=O)c1cc2ccc(OC)cc2oc1=O. The van der Waals surface area contributed by atoms with Crippen LogP contribution in [-0.2, 0) is 4.74 Å². The van der Waals surface area contributed by atoms with E-state index in [0.717, 1.165) is 0 Å². The molecule has 0 aliphatic carbocycles. The normalized spacial score (nSPS) is 12.1. The molecule has 0 spiro atoms. The first kappa shape index (κ1) is 15.1. The number of hydrogen-bond acceptors (Lipinski definition) is 5. The topological polar surface area (TPSA) is 77.8 Å². The lowest BCUT2D eigenvalue weighted by Crippen LogP contribution is -2.37. The van der Waals surface area contributed by atoms with Gasteiger partial charge in [-0.1, -0.05) is 0 Å². The molecule has 0 aliphatic rings. The van der Waals surface area contributed by atoms with Crippen molar-refractivity contribution in [3.05, 3.63) is 40.2 Å². The Kier molecular flexibility index (Phi) is 4.59. The van der Waals surface area contributed by atoms with Crippen molar-refractivity contribution in [1.82, 2.24) is 5.32 Å². The summed E-state index contributed by atoms with van der Waals surface area (Å²) in [5.74, 6) is 0.0996. The Morgan fingerprint density at radius 2 is 2.10 bits per heavy atom. The molecule has 0 saturated carbocycles. The number of hydrogen-bond donors (Lipinski definition) is 1. The molecule has 1 heterocycles. The number of nitrogens with one attached hydrogen (secondary N) is 1. The molecule has 1 atom stereocenters. The minimum absolute atomic E-state index is 0.0318. The Morgan fingerprint density at radius 1 is 1.33 bits per heavy atom. The van der Waals surface area contributed by atoms with Crippen LogP contribution in [0.3, 0.4) is 0 Å². The maximum atomic E-state index is 12.1. The van der Waals surface area contributed by atoms with Crippen LogP contribution in [0.5, 0.6) is 5.75 Å². The fourth-order valence-corrected chi connectivity index (χ4v) is 1.97. The van der Waals surface area contributed by atoms with E-state index in [1.165, 1.54) is 13.2 Å². The summed E-state index contributed by atoms with van der Waals surface area (Å²) in [5, 5.41) is 3.33. The third kappa shape index (κ3) is 3.41. The summed E-state index contributed by atoms with van der Waals surface area (Å²) in [7, 11) is 3.07. The lowest BCUT2D eigenvalue weighted by Gasteiger charge is -2.12. The molecule has 2 aromatic rings. The third-order valence-electron chi connectivity index (χ3n) is 2.98. The first-order valence-electron chi connectivity index (χ1n) is 6.47. The lowest BCUT2D eigenvalue weighted by molar-refractivity contribution is 0.0902. The molecule has 21 heavy (non-hydrogen) atoms. The van der Waals surface area contributed by atoms with E-state index in [1.54, 1.807) is 32.2 Å². The highest BCUT2D eigenvalue weighted by molar-refractivity contribution is 5.96. The molecule has 1 N–H and O–H groups in total. The summed E-state index contributed by atoms with van der Waals surface area (Å²) in [4.78, 5) is 24.0. The maximum absolute atomic E-state index is 12.1. The number of rotatable bonds is 5. The van der Waals surface area contributed by atoms with Gasteiger partial charge >= 0.3 is 5.63 Å². The summed E-state index contributed by atoms with van der Waals surface area (Å²) in [6.07, 6.45) is 0. The third-order valence-corrected chi connectivity index (χ3v) is 2.98. The van der Waals surface area contributed by atoms with Gasteiger partial charge in [0.1, 0.15) is 16.9 Å². The van der Waals surface area contributed by atoms with Crippen molar-refractivity contribution in [2.75, 3.05) is 20.8 Å². The van der Waals surface area contributed by atoms with Gasteiger partial charge in [0, 0.05) is 24.6 Å². The summed E-state index contributed by atoms with van der Waals surface area (Å²) in [5.41, 5.74) is -0.339. The van der Waals surface area contributed by atoms with E-state index in [-0.39, 0.29) is 11.6 Å². The fraction of sp³-hybridized carbons (Fsp3) is 0.333. The molecule has 0 saturated heterocycles. The van der Waals surface area contributed by atoms with Crippen molar-refractivity contribution in [2.45, 2.75) is 13.0 Å². The number of methoxy groups -OCH3 is 2. The Labute approximate surface area is 121 Å². The fourth-order valence-electron chi connectivity index (χ4n) is 1.97. The number of ether oxygens (including phenoxy) is 2. The molecule has 0 fully saturated rings. The molecule has 0 bridgehead atoms. The van der Waals surface area contributed by atoms with Crippen LogP contribution in [0, 0.1) is 0 Å². The summed E-state index contributed by atoms with van der Waals surface area (Å²) >= 11 is 0. The number of carbonyl (C=O) groups is 1. The molecule has 1 aromatic carbocycles. The predicted molar refractivity (Wildman–Crippen MR) is 77.8 cm³/mol. The standard InChI is InChI=1S/C15H17NO5/c1-9(8-19-2)16-14(17)12-6-10-4-5-11(20-3)7-13(10)21-15(12)18/h4-7,9H,8H2,1-3H3,(H,16,17). The summed E-state index contributed by atoms with van der Waals surface area (Å²) in [6.45, 7) is 2.15. The summed E-state index contributed by atoms with van der Waals surface area (Å²) < 4.78 is 15.2. The van der Waals surface area contributed by atoms with E-state index in [4.69, 9.17) is 13.9 Å². The van der Waals surface area contributed by atoms with Gasteiger partial charge in [-0.3, -0.25) is 4.79 Å². The van der Waals surface area contributed by atoms with E-state index in [0.29, 0.717) is 23.3 Å². The van der Waals surface area contributed by atoms with Crippen LogP contribution in [0.1, 0.15) is 17.3 Å². The monoisotopic (exact) mass is 291 g/mol. The molecule has 2 rings (SSSR count). The van der Waals surface area contributed by atoms with E-state index >= 15 is 0 Å². The first-order chi connectivity index (χ1) is 10.0. The zero-order chi connectivity index (χ0) is 15.4. The molecule has 1 unspecified atom stereocenters. The van der Waals surface area contributed by atoms with E-state index < -0.39 is 11.5 Å². The van der Waals surface area contributed by atoms with Crippen molar-refractivity contribution in [3.63, 3.8) is 0 Å². The second-order valence-electron chi connectivity index (χ2n) is 4.68. The largest absolute Gasteiger partial charge is 0.497 e. The lowest BCUT2D eigenvalue weighted by atomic mass is 10.1. The Balaban J connectivity index is 2.34. The van der Waals surface area contributed by atoms with Gasteiger partial charge in [0.05, 0.1) is 13.7 Å². The van der Waals surface area contributed by atoms with Crippen LogP contribution in [0.2, 0.25) is 0 Å². The van der Waals surface area contributed by atoms with Gasteiger partial charge in [0.2, 0.25) is 0 Å². The number of fused-ring (bicyclic) bond motifs is 1. The van der Waals surface area contributed by atoms with Gasteiger partial charge in [-0.05, 0) is 25.1 Å². The first-order valence-corrected chi connectivity index (χ1v) is 6.47. The van der Waals surface area contributed by atoms with Crippen LogP contribution in [0.25, 0.3) is 11.0 Å². The quantitative estimate of drug-likeness (QED) is 0.846. The second-order valence-corrected chi connectivity index (χ2v) is 4.68. The smallest absolute Gasteiger partial charge is 0.349 e. The number of benzene rings is 1. The van der Waals surface area contributed by atoms with Crippen molar-refractivity contribution < 1.29 is 18.7 Å². The second kappa shape index (κ2) is 6.41. The van der Waals surface area contributed by atoms with Crippen molar-refractivity contribution in [2.24, 2.45) is 0 Å². The zero-order valence-corrected chi connectivity index (χ0v) is 12.1. The number of amides is 1. The van der Waals surface area contributed by atoms with E-state index in [2.05, 4.69) is 5.32 Å². The minimum atomic E-state index is -0.683. The number of carbonyl (C=O) groups excluding carboxylic acids is 1. The molecule has 6 heteroatoms. The van der Waals surface area contributed by atoms with Crippen LogP contribution >= 0.6 is 0 Å². The van der Waals surface area contributed by atoms with Crippen molar-refractivity contribution in [1.29, 1.82) is 0 Å². The van der Waals surface area contributed by atoms with Gasteiger partial charge in [-0.15, -0.1) is 0 Å². The van der Waals surface area contributed by atoms with E-state index in [9.17, 15) is 9.59 Å². The molecule has 1 aromatic heterocycles. The maximum Gasteiger partial charge on any atom is 0.349 e. The Hall–Kier alpha value is -2.34. The highest BCUT2D eigenvalue weighted by Gasteiger charge is 2.16. The van der Waals surface area contributed by atoms with Gasteiger partial charge in [-0.25, -0.2) is 4.79 Å². The van der Waals surface area contributed by atoms with Crippen LogP contribution in [-0.4, -0.2) is 32.8 Å². The molecular weight excluding hydrogens is 274 g/mol. The average Bonchev–Trinajstić information content (AvgIpc) is 2.45. The van der Waals surface area contributed by atoms with Gasteiger partial charge in [0.25, 0.3) is 5.91 Å². The van der Waals surface area contributed by atoms with Crippen LogP contribution < -0.4 is 15.7 Å². The van der Waals surface area contributed by atoms with E-state index in [1.807, 2.05) is 0 Å². The molecule has 0 aliphatic heterocycles. The highest BCUT2D eigenvalue weighted by Crippen LogP contribution is 2.20. The Bertz CT molecular complexity index is 707. The van der Waals surface area contributed by atoms with Crippen LogP contribution in [0.15, 0.2) is 33.5 Å². The van der Waals surface area contributed by atoms with Crippen molar-refractivity contribution in [3.8, 4) is 5.75 Å². The minimum Gasteiger partial charge on any atom is -0.497 e. The van der Waals surface area contributed by atoms with Gasteiger partial charge in [-0.2, -0.15) is 0 Å². The zero-order valence-electron chi connectivity index (χ0n) is 12.1. The predicted octanol–water partition coefficient (Wildman–Crippen LogP) is 1.57. The van der Waals surface area contributed by atoms with Crippen molar-refractivity contribution >= 4 is 16.9 Å². The Morgan fingerprint density at radius 3 is 2.76 bits per heavy atom. The molecule has 0 radical (unpaired) electrons. The molecule has 6 nitrogen and oxygen atoms in total. The highest BCUT2D eigenvalue weighted by atomic mass is 16.5. The molecule has 1 amide bonds. The molecular formula is C15H17NO5. The molecule has 112 valence electrons. The van der Waals surface area contributed by atoms with Gasteiger partial charge in [0.15, 0.2) is 0 Å². The summed E-state index contributed by atoms with van der Waals surface area (Å²) in [6, 6.07) is 6.37. The van der Waals surface area contributed by atoms with Crippen LogP contribution in [0.4, 0.5) is 0 Å². The van der Waals surface area contributed by atoms with Gasteiger partial charge < -0.3 is 19.2 Å². The average molecular weight is 291 g/mol.